The van der Waals surface area contributed by atoms with Gasteiger partial charge in [-0.25, -0.2) is 4.39 Å². The predicted molar refractivity (Wildman–Crippen MR) is 109 cm³/mol. The average molecular weight is 428 g/mol. The van der Waals surface area contributed by atoms with Crippen LogP contribution in [0.3, 0.4) is 0 Å². The monoisotopic (exact) mass is 428 g/mol. The van der Waals surface area contributed by atoms with Crippen LogP contribution in [0.2, 0.25) is 0 Å². The highest BCUT2D eigenvalue weighted by atomic mass is 19.2. The quantitative estimate of drug-likeness (QED) is 0.517. The van der Waals surface area contributed by atoms with Crippen LogP contribution in [0, 0.1) is 11.6 Å². The van der Waals surface area contributed by atoms with E-state index in [4.69, 9.17) is 4.74 Å². The van der Waals surface area contributed by atoms with Gasteiger partial charge in [-0.3, -0.25) is 19.3 Å². The number of unbranched alkanes of at least 4 members (excludes halogenated alkanes) is 2. The molecule has 31 heavy (non-hydrogen) atoms. The maximum atomic E-state index is 14.0. The van der Waals surface area contributed by atoms with E-state index in [-0.39, 0.29) is 48.2 Å². The van der Waals surface area contributed by atoms with Gasteiger partial charge in [0.1, 0.15) is 6.61 Å². The molecule has 0 spiro atoms. The van der Waals surface area contributed by atoms with Crippen molar-refractivity contribution in [2.45, 2.75) is 38.6 Å². The normalized spacial score (nSPS) is 17.5. The van der Waals surface area contributed by atoms with Gasteiger partial charge in [0.15, 0.2) is 11.6 Å². The first-order valence-corrected chi connectivity index (χ1v) is 10.3. The number of hydrogen-bond acceptors (Lipinski definition) is 4. The lowest BCUT2D eigenvalue weighted by atomic mass is 10.1. The van der Waals surface area contributed by atoms with Gasteiger partial charge >= 0.3 is 0 Å². The van der Waals surface area contributed by atoms with Crippen LogP contribution in [0.15, 0.2) is 36.4 Å². The van der Waals surface area contributed by atoms with Crippen molar-refractivity contribution in [3.63, 3.8) is 0 Å². The first kappa shape index (κ1) is 21.0. The third-order valence-electron chi connectivity index (χ3n) is 5.62. The summed E-state index contributed by atoms with van der Waals surface area (Å²) in [7, 11) is 0. The molecular weight excluding hydrogens is 406 g/mol. The number of amides is 3. The molecule has 2 aromatic rings. The third-order valence-corrected chi connectivity index (χ3v) is 5.62. The molecule has 0 bridgehead atoms. The van der Waals surface area contributed by atoms with Crippen LogP contribution in [0.1, 0.15) is 53.3 Å². The number of imide groups is 1. The van der Waals surface area contributed by atoms with Crippen molar-refractivity contribution in [3.8, 4) is 5.75 Å². The first-order valence-electron chi connectivity index (χ1n) is 10.3. The Morgan fingerprint density at radius 2 is 1.71 bits per heavy atom. The second-order valence-electron chi connectivity index (χ2n) is 7.75. The lowest BCUT2D eigenvalue weighted by Crippen LogP contribution is -2.45. The number of carbonyl (C=O) groups excluding carboxylic acids is 3. The largest absolute Gasteiger partial charge is 0.486 e. The summed E-state index contributed by atoms with van der Waals surface area (Å²) in [6.07, 6.45) is 1.98. The lowest BCUT2D eigenvalue weighted by Gasteiger charge is -2.35. The molecule has 1 atom stereocenters. The molecule has 3 amide bonds. The number of carbonyl (C=O) groups is 3. The highest BCUT2D eigenvalue weighted by molar-refractivity contribution is 6.21. The molecule has 2 aliphatic heterocycles. The fraction of sp³-hybridized carbons (Fsp3) is 0.348. The molecule has 0 saturated carbocycles. The lowest BCUT2D eigenvalue weighted by molar-refractivity contribution is -0.119. The van der Waals surface area contributed by atoms with Crippen LogP contribution < -0.4 is 9.64 Å². The minimum Gasteiger partial charge on any atom is -0.486 e. The zero-order valence-corrected chi connectivity index (χ0v) is 17.1. The van der Waals surface area contributed by atoms with Crippen LogP contribution >= 0.6 is 0 Å². The van der Waals surface area contributed by atoms with Crippen molar-refractivity contribution >= 4 is 23.4 Å². The zero-order valence-electron chi connectivity index (χ0n) is 17.1. The molecule has 0 aliphatic carbocycles. The molecule has 0 radical (unpaired) electrons. The third kappa shape index (κ3) is 3.78. The van der Waals surface area contributed by atoms with Gasteiger partial charge in [0, 0.05) is 13.0 Å². The minimum absolute atomic E-state index is 0.0822. The number of halogens is 2. The second-order valence-corrected chi connectivity index (χ2v) is 7.75. The molecule has 0 N–H and O–H groups in total. The van der Waals surface area contributed by atoms with Crippen molar-refractivity contribution in [2.75, 3.05) is 18.1 Å². The second kappa shape index (κ2) is 8.45. The summed E-state index contributed by atoms with van der Waals surface area (Å²) in [6.45, 7) is 2.16. The SMILES string of the molecule is C[C@H]1COc2c(ccc(F)c2F)N1C(=O)CCCCCN1C(=O)c2ccccc2C1=O. The number of anilines is 1. The molecule has 4 rings (SSSR count). The van der Waals surface area contributed by atoms with E-state index in [9.17, 15) is 23.2 Å². The van der Waals surface area contributed by atoms with Crippen LogP contribution in [-0.4, -0.2) is 41.8 Å². The molecule has 162 valence electrons. The predicted octanol–water partition coefficient (Wildman–Crippen LogP) is 3.94. The Morgan fingerprint density at radius 3 is 2.39 bits per heavy atom. The highest BCUT2D eigenvalue weighted by Crippen LogP contribution is 2.37. The van der Waals surface area contributed by atoms with Gasteiger partial charge in [-0.1, -0.05) is 18.6 Å². The first-order chi connectivity index (χ1) is 14.9. The van der Waals surface area contributed by atoms with Gasteiger partial charge in [0.05, 0.1) is 22.9 Å². The number of hydrogen-bond donors (Lipinski definition) is 0. The fourth-order valence-electron chi connectivity index (χ4n) is 4.03. The summed E-state index contributed by atoms with van der Waals surface area (Å²) < 4.78 is 32.8. The Bertz CT molecular complexity index is 1020. The van der Waals surface area contributed by atoms with Crippen molar-refractivity contribution in [1.82, 2.24) is 4.90 Å². The summed E-state index contributed by atoms with van der Waals surface area (Å²) >= 11 is 0. The average Bonchev–Trinajstić information content (AvgIpc) is 3.01. The van der Waals surface area contributed by atoms with E-state index < -0.39 is 11.6 Å². The molecule has 2 aliphatic rings. The number of benzene rings is 2. The van der Waals surface area contributed by atoms with Crippen LogP contribution in [-0.2, 0) is 4.79 Å². The van der Waals surface area contributed by atoms with Crippen molar-refractivity contribution in [1.29, 1.82) is 0 Å². The number of nitrogens with zero attached hydrogens (tertiary/aromatic N) is 2. The molecule has 2 aromatic carbocycles. The standard InChI is InChI=1S/C23H22F2N2O4/c1-14-13-31-21-18(11-10-17(24)20(21)25)27(14)19(28)9-3-2-6-12-26-22(29)15-7-4-5-8-16(15)23(26)30/h4-5,7-8,10-11,14H,2-3,6,9,12-13H2,1H3/t14-/m0/s1. The van der Waals surface area contributed by atoms with Crippen LogP contribution in [0.5, 0.6) is 5.75 Å². The molecule has 0 unspecified atom stereocenters. The van der Waals surface area contributed by atoms with E-state index >= 15 is 0 Å². The number of ether oxygens (including phenoxy) is 1. The molecule has 0 saturated heterocycles. The van der Waals surface area contributed by atoms with E-state index in [1.54, 1.807) is 31.2 Å². The smallest absolute Gasteiger partial charge is 0.261 e. The molecule has 0 aromatic heterocycles. The molecule has 6 nitrogen and oxygen atoms in total. The minimum atomic E-state index is -1.09. The Balaban J connectivity index is 1.30. The van der Waals surface area contributed by atoms with Crippen LogP contribution in [0.25, 0.3) is 0 Å². The number of rotatable bonds is 6. The van der Waals surface area contributed by atoms with Gasteiger partial charge in [-0.15, -0.1) is 0 Å². The molecule has 8 heteroatoms. The highest BCUT2D eigenvalue weighted by Gasteiger charge is 2.35. The summed E-state index contributed by atoms with van der Waals surface area (Å²) in [6, 6.07) is 8.77. The zero-order chi connectivity index (χ0) is 22.1. The fourth-order valence-corrected chi connectivity index (χ4v) is 4.03. The van der Waals surface area contributed by atoms with Gasteiger partial charge in [-0.05, 0) is 44.0 Å². The molecular formula is C23H22F2N2O4. The Morgan fingerprint density at radius 1 is 1.03 bits per heavy atom. The van der Waals surface area contributed by atoms with Crippen molar-refractivity contribution in [2.24, 2.45) is 0 Å². The van der Waals surface area contributed by atoms with Gasteiger partial charge < -0.3 is 9.64 Å². The summed E-state index contributed by atoms with van der Waals surface area (Å²) in [5.74, 6) is -3.13. The Hall–Kier alpha value is -3.29. The van der Waals surface area contributed by atoms with Crippen molar-refractivity contribution < 1.29 is 27.9 Å². The number of fused-ring (bicyclic) bond motifs is 2. The van der Waals surface area contributed by atoms with E-state index in [0.717, 1.165) is 6.07 Å². The summed E-state index contributed by atoms with van der Waals surface area (Å²) in [5.41, 5.74) is 1.08. The van der Waals surface area contributed by atoms with E-state index in [1.165, 1.54) is 15.9 Å². The Labute approximate surface area is 178 Å². The van der Waals surface area contributed by atoms with Crippen molar-refractivity contribution in [3.05, 3.63) is 59.2 Å². The van der Waals surface area contributed by atoms with Gasteiger partial charge in [0.2, 0.25) is 11.7 Å². The van der Waals surface area contributed by atoms with E-state index in [2.05, 4.69) is 0 Å². The van der Waals surface area contributed by atoms with Gasteiger partial charge in [0.25, 0.3) is 11.8 Å². The molecule has 0 fully saturated rings. The maximum Gasteiger partial charge on any atom is 0.261 e. The van der Waals surface area contributed by atoms with E-state index in [1.807, 2.05) is 0 Å². The summed E-state index contributed by atoms with van der Waals surface area (Å²) in [5, 5.41) is 0. The summed E-state index contributed by atoms with van der Waals surface area (Å²) in [4.78, 5) is 40.2. The molecule has 2 heterocycles. The maximum absolute atomic E-state index is 14.0. The topological polar surface area (TPSA) is 66.9 Å². The Kier molecular flexibility index (Phi) is 5.71. The van der Waals surface area contributed by atoms with Gasteiger partial charge in [-0.2, -0.15) is 4.39 Å². The van der Waals surface area contributed by atoms with Crippen LogP contribution in [0.4, 0.5) is 14.5 Å². The van der Waals surface area contributed by atoms with E-state index in [0.29, 0.717) is 36.9 Å².